The highest BCUT2D eigenvalue weighted by Crippen LogP contribution is 2.29. The van der Waals surface area contributed by atoms with Crippen LogP contribution >= 0.6 is 11.8 Å². The average molecular weight is 475 g/mol. The van der Waals surface area contributed by atoms with Crippen LogP contribution in [0.25, 0.3) is 17.1 Å². The molecule has 0 bridgehead atoms. The molecule has 0 saturated carbocycles. The summed E-state index contributed by atoms with van der Waals surface area (Å²) in [6, 6.07) is 25.2. The minimum absolute atomic E-state index is 0.0684. The molecule has 4 rings (SSSR count). The molecule has 0 aliphatic heterocycles. The van der Waals surface area contributed by atoms with Gasteiger partial charge in [-0.25, -0.2) is 0 Å². The highest BCUT2D eigenvalue weighted by Gasteiger charge is 2.17. The van der Waals surface area contributed by atoms with Gasteiger partial charge in [0, 0.05) is 17.8 Å². The van der Waals surface area contributed by atoms with Crippen molar-refractivity contribution in [2.45, 2.75) is 18.6 Å². The molecule has 7 nitrogen and oxygen atoms in total. The summed E-state index contributed by atoms with van der Waals surface area (Å²) in [6.07, 6.45) is 0. The van der Waals surface area contributed by atoms with E-state index in [4.69, 9.17) is 9.47 Å². The minimum atomic E-state index is -0.0684. The number of benzene rings is 3. The largest absolute Gasteiger partial charge is 0.497 e. The molecule has 0 fully saturated rings. The number of carbonyl (C=O) groups is 1. The number of ether oxygens (including phenoxy) is 2. The van der Waals surface area contributed by atoms with E-state index in [9.17, 15) is 4.79 Å². The number of hydrogen-bond donors (Lipinski definition) is 1. The van der Waals surface area contributed by atoms with Gasteiger partial charge in [-0.2, -0.15) is 0 Å². The number of hydrogen-bond acceptors (Lipinski definition) is 6. The van der Waals surface area contributed by atoms with Gasteiger partial charge in [-0.3, -0.25) is 9.36 Å². The van der Waals surface area contributed by atoms with E-state index < -0.39 is 0 Å². The molecule has 0 radical (unpaired) electrons. The monoisotopic (exact) mass is 474 g/mol. The Bertz CT molecular complexity index is 1210. The Kier molecular flexibility index (Phi) is 7.83. The predicted molar refractivity (Wildman–Crippen MR) is 134 cm³/mol. The second kappa shape index (κ2) is 11.4. The molecule has 174 valence electrons. The molecular formula is C26H26N4O3S. The molecule has 0 unspecified atom stereocenters. The van der Waals surface area contributed by atoms with Crippen molar-refractivity contribution in [2.24, 2.45) is 0 Å². The molecule has 0 aliphatic rings. The average Bonchev–Trinajstić information content (AvgIpc) is 3.31. The van der Waals surface area contributed by atoms with Crippen molar-refractivity contribution < 1.29 is 14.3 Å². The van der Waals surface area contributed by atoms with Gasteiger partial charge in [0.1, 0.15) is 11.5 Å². The van der Waals surface area contributed by atoms with E-state index in [-0.39, 0.29) is 11.7 Å². The fourth-order valence-electron chi connectivity index (χ4n) is 3.36. The van der Waals surface area contributed by atoms with Gasteiger partial charge in [0.15, 0.2) is 11.0 Å². The number of amides is 1. The van der Waals surface area contributed by atoms with E-state index in [2.05, 4.69) is 15.5 Å². The lowest BCUT2D eigenvalue weighted by atomic mass is 10.2. The molecule has 0 aliphatic carbocycles. The van der Waals surface area contributed by atoms with Gasteiger partial charge >= 0.3 is 0 Å². The lowest BCUT2D eigenvalue weighted by Gasteiger charge is -2.12. The molecule has 4 aromatic rings. The summed E-state index contributed by atoms with van der Waals surface area (Å²) in [5.41, 5.74) is 2.83. The van der Waals surface area contributed by atoms with Crippen molar-refractivity contribution in [1.29, 1.82) is 0 Å². The topological polar surface area (TPSA) is 78.3 Å². The van der Waals surface area contributed by atoms with Crippen molar-refractivity contribution in [3.05, 3.63) is 84.4 Å². The molecule has 3 aromatic carbocycles. The molecule has 1 N–H and O–H groups in total. The Balaban J connectivity index is 1.56. The first kappa shape index (κ1) is 23.4. The molecule has 0 saturated heterocycles. The van der Waals surface area contributed by atoms with Crippen LogP contribution in [0.2, 0.25) is 0 Å². The molecular weight excluding hydrogens is 448 g/mol. The number of nitrogens with zero attached hydrogens (tertiary/aromatic N) is 3. The Morgan fingerprint density at radius 2 is 1.65 bits per heavy atom. The maximum atomic E-state index is 12.5. The standard InChI is InChI=1S/C26H26N4O3S/c1-3-33-23-15-11-21(12-16-23)30-25(20-9-13-22(32-2)14-10-20)28-29-26(30)34-18-24(31)27-17-19-7-5-4-6-8-19/h4-16H,3,17-18H2,1-2H3,(H,27,31). The minimum Gasteiger partial charge on any atom is -0.497 e. The van der Waals surface area contributed by atoms with Crippen LogP contribution in [0.3, 0.4) is 0 Å². The molecule has 1 amide bonds. The van der Waals surface area contributed by atoms with Crippen LogP contribution in [0.15, 0.2) is 84.0 Å². The number of thioether (sulfide) groups is 1. The van der Waals surface area contributed by atoms with E-state index in [1.54, 1.807) is 7.11 Å². The lowest BCUT2D eigenvalue weighted by molar-refractivity contribution is -0.118. The first-order valence-corrected chi connectivity index (χ1v) is 11.9. The zero-order chi connectivity index (χ0) is 23.8. The number of nitrogens with one attached hydrogen (secondary N) is 1. The zero-order valence-corrected chi connectivity index (χ0v) is 19.9. The van der Waals surface area contributed by atoms with E-state index in [1.165, 1.54) is 11.8 Å². The third-order valence-corrected chi connectivity index (χ3v) is 5.98. The summed E-state index contributed by atoms with van der Waals surface area (Å²) in [5.74, 6) is 2.39. The number of carbonyl (C=O) groups excluding carboxylic acids is 1. The van der Waals surface area contributed by atoms with Crippen LogP contribution in [0.1, 0.15) is 12.5 Å². The molecule has 34 heavy (non-hydrogen) atoms. The second-order valence-corrected chi connectivity index (χ2v) is 8.29. The van der Waals surface area contributed by atoms with Gasteiger partial charge in [0.25, 0.3) is 0 Å². The molecule has 0 atom stereocenters. The van der Waals surface area contributed by atoms with Gasteiger partial charge in [-0.15, -0.1) is 10.2 Å². The lowest BCUT2D eigenvalue weighted by Crippen LogP contribution is -2.24. The van der Waals surface area contributed by atoms with Crippen LogP contribution in [-0.4, -0.2) is 40.1 Å². The SMILES string of the molecule is CCOc1ccc(-n2c(SCC(=O)NCc3ccccc3)nnc2-c2ccc(OC)cc2)cc1. The van der Waals surface area contributed by atoms with E-state index in [0.29, 0.717) is 24.1 Å². The van der Waals surface area contributed by atoms with Crippen LogP contribution in [-0.2, 0) is 11.3 Å². The molecule has 8 heteroatoms. The first-order valence-electron chi connectivity index (χ1n) is 10.9. The van der Waals surface area contributed by atoms with Crippen molar-refractivity contribution in [1.82, 2.24) is 20.1 Å². The van der Waals surface area contributed by atoms with Crippen LogP contribution in [0.5, 0.6) is 11.5 Å². The van der Waals surface area contributed by atoms with Crippen LogP contribution < -0.4 is 14.8 Å². The summed E-state index contributed by atoms with van der Waals surface area (Å²) in [7, 11) is 1.63. The number of methoxy groups -OCH3 is 1. The van der Waals surface area contributed by atoms with Gasteiger partial charge in [0.2, 0.25) is 5.91 Å². The summed E-state index contributed by atoms with van der Waals surface area (Å²) in [5, 5.41) is 12.4. The van der Waals surface area contributed by atoms with Gasteiger partial charge < -0.3 is 14.8 Å². The summed E-state index contributed by atoms with van der Waals surface area (Å²) in [4.78, 5) is 12.5. The van der Waals surface area contributed by atoms with E-state index in [1.807, 2.05) is 90.4 Å². The molecule has 1 aromatic heterocycles. The number of rotatable bonds is 10. The highest BCUT2D eigenvalue weighted by atomic mass is 32.2. The second-order valence-electron chi connectivity index (χ2n) is 7.35. The Labute approximate surface area is 203 Å². The maximum Gasteiger partial charge on any atom is 0.230 e. The van der Waals surface area contributed by atoms with Crippen molar-refractivity contribution in [3.8, 4) is 28.6 Å². The fourth-order valence-corrected chi connectivity index (χ4v) is 4.14. The normalized spacial score (nSPS) is 10.6. The Hall–Kier alpha value is -3.78. The van der Waals surface area contributed by atoms with Gasteiger partial charge in [-0.05, 0) is 61.0 Å². The van der Waals surface area contributed by atoms with Crippen LogP contribution in [0.4, 0.5) is 0 Å². The van der Waals surface area contributed by atoms with E-state index >= 15 is 0 Å². The summed E-state index contributed by atoms with van der Waals surface area (Å²) in [6.45, 7) is 3.04. The highest BCUT2D eigenvalue weighted by molar-refractivity contribution is 7.99. The molecule has 0 spiro atoms. The Morgan fingerprint density at radius 1 is 0.941 bits per heavy atom. The predicted octanol–water partition coefficient (Wildman–Crippen LogP) is 4.75. The molecule has 1 heterocycles. The smallest absolute Gasteiger partial charge is 0.230 e. The van der Waals surface area contributed by atoms with Crippen molar-refractivity contribution in [3.63, 3.8) is 0 Å². The third-order valence-electron chi connectivity index (χ3n) is 5.05. The van der Waals surface area contributed by atoms with Crippen molar-refractivity contribution >= 4 is 17.7 Å². The van der Waals surface area contributed by atoms with Crippen LogP contribution in [0, 0.1) is 0 Å². The van der Waals surface area contributed by atoms with Gasteiger partial charge in [0.05, 0.1) is 19.5 Å². The Morgan fingerprint density at radius 3 is 2.32 bits per heavy atom. The van der Waals surface area contributed by atoms with Gasteiger partial charge in [-0.1, -0.05) is 42.1 Å². The summed E-state index contributed by atoms with van der Waals surface area (Å²) >= 11 is 1.34. The van der Waals surface area contributed by atoms with Crippen molar-refractivity contribution in [2.75, 3.05) is 19.5 Å². The fraction of sp³-hybridized carbons (Fsp3) is 0.192. The zero-order valence-electron chi connectivity index (χ0n) is 19.1. The quantitative estimate of drug-likeness (QED) is 0.334. The third kappa shape index (κ3) is 5.77. The maximum absolute atomic E-state index is 12.5. The number of aromatic nitrogens is 3. The first-order chi connectivity index (χ1) is 16.7. The summed E-state index contributed by atoms with van der Waals surface area (Å²) < 4.78 is 12.8. The van der Waals surface area contributed by atoms with E-state index in [0.717, 1.165) is 28.3 Å².